The Morgan fingerprint density at radius 2 is 2.04 bits per heavy atom. The summed E-state index contributed by atoms with van der Waals surface area (Å²) in [5.41, 5.74) is 8.86. The maximum Gasteiger partial charge on any atom is 0.289 e. The van der Waals surface area contributed by atoms with E-state index in [2.05, 4.69) is 25.3 Å². The fraction of sp³-hybridized carbons (Fsp3) is 0.556. The molecule has 0 saturated heterocycles. The Kier molecular flexibility index (Phi) is 4.48. The second kappa shape index (κ2) is 6.93. The van der Waals surface area contributed by atoms with Gasteiger partial charge in [0.25, 0.3) is 5.91 Å². The molecule has 2 aromatic rings. The molecule has 2 aliphatic rings. The summed E-state index contributed by atoms with van der Waals surface area (Å²) in [4.78, 5) is 30.6. The van der Waals surface area contributed by atoms with Crippen LogP contribution in [0.2, 0.25) is 0 Å². The van der Waals surface area contributed by atoms with E-state index in [0.717, 1.165) is 29.2 Å². The first kappa shape index (κ1) is 16.8. The highest BCUT2D eigenvalue weighted by Gasteiger charge is 2.26. The number of carbonyl (C=O) groups excluding carboxylic acids is 1. The first-order chi connectivity index (χ1) is 12.6. The lowest BCUT2D eigenvalue weighted by Gasteiger charge is -2.19. The zero-order valence-corrected chi connectivity index (χ0v) is 15.1. The Balaban J connectivity index is 1.54. The molecule has 1 saturated carbocycles. The van der Waals surface area contributed by atoms with Crippen molar-refractivity contribution in [2.75, 3.05) is 24.1 Å². The van der Waals surface area contributed by atoms with Gasteiger partial charge >= 0.3 is 0 Å². The lowest BCUT2D eigenvalue weighted by Crippen LogP contribution is -2.34. The van der Waals surface area contributed by atoms with Crippen molar-refractivity contribution in [1.29, 1.82) is 0 Å². The number of aromatic amines is 1. The van der Waals surface area contributed by atoms with E-state index in [1.165, 1.54) is 25.7 Å². The van der Waals surface area contributed by atoms with Crippen molar-refractivity contribution in [2.45, 2.75) is 51.5 Å². The minimum Gasteiger partial charge on any atom is -0.368 e. The van der Waals surface area contributed by atoms with Crippen LogP contribution in [0.1, 0.15) is 53.3 Å². The summed E-state index contributed by atoms with van der Waals surface area (Å²) in [6.45, 7) is 3.12. The SMILES string of the molecule is Cc1cnc(C(=O)N2CCc3nc(N)nc(NC4CCCC4)c3CC2)[nH]1. The number of anilines is 2. The van der Waals surface area contributed by atoms with Gasteiger partial charge in [0, 0.05) is 43.0 Å². The van der Waals surface area contributed by atoms with Gasteiger partial charge in [0.2, 0.25) is 5.95 Å². The number of carbonyl (C=O) groups is 1. The maximum absolute atomic E-state index is 12.7. The van der Waals surface area contributed by atoms with E-state index < -0.39 is 0 Å². The Bertz CT molecular complexity index is 810. The number of aryl methyl sites for hydroxylation is 1. The van der Waals surface area contributed by atoms with Crippen molar-refractivity contribution < 1.29 is 4.79 Å². The topological polar surface area (TPSA) is 113 Å². The summed E-state index contributed by atoms with van der Waals surface area (Å²) in [6.07, 6.45) is 7.91. The first-order valence-electron chi connectivity index (χ1n) is 9.33. The number of hydrogen-bond acceptors (Lipinski definition) is 6. The van der Waals surface area contributed by atoms with Crippen molar-refractivity contribution in [3.05, 3.63) is 29.0 Å². The van der Waals surface area contributed by atoms with Gasteiger partial charge in [0.05, 0.1) is 5.69 Å². The highest BCUT2D eigenvalue weighted by Crippen LogP contribution is 2.27. The molecule has 0 radical (unpaired) electrons. The van der Waals surface area contributed by atoms with Crippen LogP contribution in [0, 0.1) is 6.92 Å². The molecule has 138 valence electrons. The molecule has 4 N–H and O–H groups in total. The molecule has 0 unspecified atom stereocenters. The van der Waals surface area contributed by atoms with Gasteiger partial charge in [-0.1, -0.05) is 12.8 Å². The molecular formula is C18H25N7O. The number of nitrogens with zero attached hydrogens (tertiary/aromatic N) is 4. The third-order valence-electron chi connectivity index (χ3n) is 5.25. The predicted molar refractivity (Wildman–Crippen MR) is 99.0 cm³/mol. The lowest BCUT2D eigenvalue weighted by atomic mass is 10.1. The van der Waals surface area contributed by atoms with E-state index in [1.54, 1.807) is 6.20 Å². The Morgan fingerprint density at radius 1 is 1.27 bits per heavy atom. The number of amides is 1. The van der Waals surface area contributed by atoms with E-state index in [-0.39, 0.29) is 5.91 Å². The van der Waals surface area contributed by atoms with Crippen LogP contribution in [0.25, 0.3) is 0 Å². The van der Waals surface area contributed by atoms with Gasteiger partial charge in [-0.05, 0) is 26.2 Å². The predicted octanol–water partition coefficient (Wildman–Crippen LogP) is 1.69. The van der Waals surface area contributed by atoms with Gasteiger partial charge in [0.15, 0.2) is 5.82 Å². The largest absolute Gasteiger partial charge is 0.368 e. The van der Waals surface area contributed by atoms with Gasteiger partial charge in [-0.25, -0.2) is 9.97 Å². The number of nitrogens with two attached hydrogens (primary N) is 1. The van der Waals surface area contributed by atoms with Crippen molar-refractivity contribution in [1.82, 2.24) is 24.8 Å². The number of imidazole rings is 1. The summed E-state index contributed by atoms with van der Waals surface area (Å²) >= 11 is 0. The second-order valence-electron chi connectivity index (χ2n) is 7.19. The van der Waals surface area contributed by atoms with E-state index >= 15 is 0 Å². The van der Waals surface area contributed by atoms with Crippen molar-refractivity contribution >= 4 is 17.7 Å². The zero-order valence-electron chi connectivity index (χ0n) is 15.1. The fourth-order valence-corrected chi connectivity index (χ4v) is 3.88. The minimum absolute atomic E-state index is 0.0721. The Morgan fingerprint density at radius 3 is 2.77 bits per heavy atom. The van der Waals surface area contributed by atoms with E-state index in [1.807, 2.05) is 11.8 Å². The number of fused-ring (bicyclic) bond motifs is 1. The highest BCUT2D eigenvalue weighted by atomic mass is 16.2. The number of aromatic nitrogens is 4. The molecule has 1 fully saturated rings. The molecule has 26 heavy (non-hydrogen) atoms. The van der Waals surface area contributed by atoms with Crippen LogP contribution < -0.4 is 11.1 Å². The molecule has 1 amide bonds. The highest BCUT2D eigenvalue weighted by molar-refractivity contribution is 5.90. The Labute approximate surface area is 152 Å². The van der Waals surface area contributed by atoms with Gasteiger partial charge in [-0.2, -0.15) is 4.98 Å². The second-order valence-corrected chi connectivity index (χ2v) is 7.19. The van der Waals surface area contributed by atoms with Crippen LogP contribution in [0.5, 0.6) is 0 Å². The van der Waals surface area contributed by atoms with Crippen molar-refractivity contribution in [3.63, 3.8) is 0 Å². The maximum atomic E-state index is 12.7. The average molecular weight is 355 g/mol. The number of nitrogens with one attached hydrogen (secondary N) is 2. The number of hydrogen-bond donors (Lipinski definition) is 3. The summed E-state index contributed by atoms with van der Waals surface area (Å²) in [5.74, 6) is 1.47. The molecule has 3 heterocycles. The van der Waals surface area contributed by atoms with Crippen molar-refractivity contribution in [3.8, 4) is 0 Å². The molecule has 1 aliphatic heterocycles. The molecule has 0 bridgehead atoms. The molecule has 0 spiro atoms. The van der Waals surface area contributed by atoms with E-state index in [0.29, 0.717) is 37.3 Å². The van der Waals surface area contributed by atoms with E-state index in [4.69, 9.17) is 5.73 Å². The zero-order chi connectivity index (χ0) is 18.1. The van der Waals surface area contributed by atoms with Gasteiger partial charge in [-0.15, -0.1) is 0 Å². The summed E-state index contributed by atoms with van der Waals surface area (Å²) in [5, 5.41) is 3.56. The molecule has 0 atom stereocenters. The van der Waals surface area contributed by atoms with Crippen LogP contribution in [0.3, 0.4) is 0 Å². The first-order valence-corrected chi connectivity index (χ1v) is 9.33. The third-order valence-corrected chi connectivity index (χ3v) is 5.25. The third kappa shape index (κ3) is 3.36. The normalized spacial score (nSPS) is 17.8. The molecule has 2 aromatic heterocycles. The molecule has 4 rings (SSSR count). The lowest BCUT2D eigenvalue weighted by molar-refractivity contribution is 0.0751. The Hall–Kier alpha value is -2.64. The average Bonchev–Trinajstić information content (AvgIpc) is 3.22. The number of nitrogen functional groups attached to an aromatic ring is 1. The molecule has 8 heteroatoms. The van der Waals surface area contributed by atoms with Crippen LogP contribution >= 0.6 is 0 Å². The monoisotopic (exact) mass is 355 g/mol. The quantitative estimate of drug-likeness (QED) is 0.772. The number of rotatable bonds is 3. The van der Waals surface area contributed by atoms with Crippen LogP contribution in [-0.4, -0.2) is 49.9 Å². The van der Waals surface area contributed by atoms with Gasteiger partial charge in [-0.3, -0.25) is 4.79 Å². The van der Waals surface area contributed by atoms with Gasteiger partial charge < -0.3 is 20.9 Å². The van der Waals surface area contributed by atoms with Crippen molar-refractivity contribution in [2.24, 2.45) is 0 Å². The molecule has 0 aromatic carbocycles. The fourth-order valence-electron chi connectivity index (χ4n) is 3.88. The van der Waals surface area contributed by atoms with Crippen LogP contribution in [-0.2, 0) is 12.8 Å². The van der Waals surface area contributed by atoms with Crippen LogP contribution in [0.4, 0.5) is 11.8 Å². The number of H-pyrrole nitrogens is 1. The van der Waals surface area contributed by atoms with Crippen LogP contribution in [0.15, 0.2) is 6.20 Å². The minimum atomic E-state index is -0.0721. The molecule has 1 aliphatic carbocycles. The van der Waals surface area contributed by atoms with Gasteiger partial charge in [0.1, 0.15) is 5.82 Å². The smallest absolute Gasteiger partial charge is 0.289 e. The summed E-state index contributed by atoms with van der Waals surface area (Å²) in [7, 11) is 0. The summed E-state index contributed by atoms with van der Waals surface area (Å²) in [6, 6.07) is 0.459. The summed E-state index contributed by atoms with van der Waals surface area (Å²) < 4.78 is 0. The molecule has 8 nitrogen and oxygen atoms in total. The molecular weight excluding hydrogens is 330 g/mol. The standard InChI is InChI=1S/C18H25N7O/c1-11-10-20-16(21-11)17(26)25-8-6-13-14(7-9-25)23-18(19)24-15(13)22-12-4-2-3-5-12/h10,12H,2-9H2,1H3,(H,20,21)(H3,19,22,23,24). The van der Waals surface area contributed by atoms with E-state index in [9.17, 15) is 4.79 Å².